The Morgan fingerprint density at radius 3 is 2.32 bits per heavy atom. The zero-order valence-corrected chi connectivity index (χ0v) is 13.1. The van der Waals surface area contributed by atoms with Crippen LogP contribution in [0, 0.1) is 0 Å². The summed E-state index contributed by atoms with van der Waals surface area (Å²) >= 11 is 5.95. The van der Waals surface area contributed by atoms with Crippen molar-refractivity contribution in [2.75, 3.05) is 14.1 Å². The highest BCUT2D eigenvalue weighted by molar-refractivity contribution is 6.30. The Morgan fingerprint density at radius 2 is 1.68 bits per heavy atom. The van der Waals surface area contributed by atoms with E-state index in [4.69, 9.17) is 11.6 Å². The van der Waals surface area contributed by atoms with Crippen LogP contribution in [0.1, 0.15) is 17.4 Å². The third kappa shape index (κ3) is 2.86. The molecule has 3 rings (SSSR count). The van der Waals surface area contributed by atoms with Crippen molar-refractivity contribution in [1.82, 2.24) is 25.1 Å². The van der Waals surface area contributed by atoms with E-state index in [0.717, 1.165) is 17.1 Å². The van der Waals surface area contributed by atoms with Crippen molar-refractivity contribution >= 4 is 11.6 Å². The van der Waals surface area contributed by atoms with Crippen molar-refractivity contribution < 1.29 is 0 Å². The molecule has 112 valence electrons. The summed E-state index contributed by atoms with van der Waals surface area (Å²) in [6.45, 7) is 0. The SMILES string of the molecule is CN(C)C(c1ccccc1)c1nnnn1-c1ccc(Cl)cc1. The normalized spacial score (nSPS) is 12.5. The van der Waals surface area contributed by atoms with Crippen LogP contribution in [0.2, 0.25) is 5.02 Å². The van der Waals surface area contributed by atoms with Crippen LogP contribution < -0.4 is 0 Å². The molecule has 0 saturated heterocycles. The van der Waals surface area contributed by atoms with Crippen LogP contribution in [0.15, 0.2) is 54.6 Å². The highest BCUT2D eigenvalue weighted by Crippen LogP contribution is 2.26. The molecule has 0 aliphatic rings. The minimum absolute atomic E-state index is 0.0353. The molecule has 22 heavy (non-hydrogen) atoms. The van der Waals surface area contributed by atoms with Gasteiger partial charge in [0.15, 0.2) is 5.82 Å². The van der Waals surface area contributed by atoms with Gasteiger partial charge < -0.3 is 0 Å². The molecule has 2 aromatic carbocycles. The monoisotopic (exact) mass is 313 g/mol. The average Bonchev–Trinajstić information content (AvgIpc) is 2.98. The molecule has 6 heteroatoms. The van der Waals surface area contributed by atoms with Crippen LogP contribution in [0.25, 0.3) is 5.69 Å². The molecule has 1 aromatic heterocycles. The van der Waals surface area contributed by atoms with Gasteiger partial charge in [0.05, 0.1) is 11.7 Å². The molecular formula is C16H16ClN5. The van der Waals surface area contributed by atoms with Crippen LogP contribution in [-0.4, -0.2) is 39.2 Å². The number of benzene rings is 2. The molecule has 0 spiro atoms. The van der Waals surface area contributed by atoms with Gasteiger partial charge in [-0.25, -0.2) is 0 Å². The molecule has 5 nitrogen and oxygen atoms in total. The molecule has 0 amide bonds. The fraction of sp³-hybridized carbons (Fsp3) is 0.188. The largest absolute Gasteiger partial charge is 0.296 e. The van der Waals surface area contributed by atoms with Gasteiger partial charge in [0.25, 0.3) is 0 Å². The lowest BCUT2D eigenvalue weighted by molar-refractivity contribution is 0.325. The minimum Gasteiger partial charge on any atom is -0.296 e. The second-order valence-corrected chi connectivity index (χ2v) is 5.64. The lowest BCUT2D eigenvalue weighted by Gasteiger charge is -2.23. The first-order chi connectivity index (χ1) is 10.7. The van der Waals surface area contributed by atoms with E-state index in [1.165, 1.54) is 0 Å². The molecule has 0 aliphatic carbocycles. The molecule has 0 saturated carbocycles. The predicted molar refractivity (Wildman–Crippen MR) is 86.1 cm³/mol. The molecule has 3 aromatic rings. The number of aromatic nitrogens is 4. The summed E-state index contributed by atoms with van der Waals surface area (Å²) in [6.07, 6.45) is 0. The average molecular weight is 314 g/mol. The van der Waals surface area contributed by atoms with E-state index < -0.39 is 0 Å². The first kappa shape index (κ1) is 14.7. The van der Waals surface area contributed by atoms with Crippen molar-refractivity contribution in [2.45, 2.75) is 6.04 Å². The number of hydrogen-bond donors (Lipinski definition) is 0. The predicted octanol–water partition coefficient (Wildman–Crippen LogP) is 2.97. The summed E-state index contributed by atoms with van der Waals surface area (Å²) in [5.41, 5.74) is 2.02. The van der Waals surface area contributed by atoms with Gasteiger partial charge in [0.1, 0.15) is 0 Å². The maximum atomic E-state index is 5.95. The van der Waals surface area contributed by atoms with E-state index >= 15 is 0 Å². The Balaban J connectivity index is 2.07. The Kier molecular flexibility index (Phi) is 4.18. The van der Waals surface area contributed by atoms with Crippen LogP contribution in [0.5, 0.6) is 0 Å². The van der Waals surface area contributed by atoms with Crippen molar-refractivity contribution in [3.8, 4) is 5.69 Å². The van der Waals surface area contributed by atoms with Crippen molar-refractivity contribution in [3.63, 3.8) is 0 Å². The second kappa shape index (κ2) is 6.25. The molecule has 0 bridgehead atoms. The second-order valence-electron chi connectivity index (χ2n) is 5.20. The summed E-state index contributed by atoms with van der Waals surface area (Å²) in [7, 11) is 4.02. The summed E-state index contributed by atoms with van der Waals surface area (Å²) in [5.74, 6) is 0.763. The number of hydrogen-bond acceptors (Lipinski definition) is 4. The summed E-state index contributed by atoms with van der Waals surface area (Å²) in [4.78, 5) is 2.09. The van der Waals surface area contributed by atoms with Crippen LogP contribution in [0.3, 0.4) is 0 Å². The third-order valence-corrected chi connectivity index (χ3v) is 3.69. The lowest BCUT2D eigenvalue weighted by Crippen LogP contribution is -2.24. The Hall–Kier alpha value is -2.24. The molecule has 1 heterocycles. The van der Waals surface area contributed by atoms with E-state index in [2.05, 4.69) is 32.6 Å². The smallest absolute Gasteiger partial charge is 0.178 e. The first-order valence-corrected chi connectivity index (χ1v) is 7.30. The molecule has 0 radical (unpaired) electrons. The van der Waals surface area contributed by atoms with Crippen molar-refractivity contribution in [1.29, 1.82) is 0 Å². The van der Waals surface area contributed by atoms with Gasteiger partial charge in [0.2, 0.25) is 0 Å². The Morgan fingerprint density at radius 1 is 1.00 bits per heavy atom. The van der Waals surface area contributed by atoms with Gasteiger partial charge in [-0.05, 0) is 54.4 Å². The van der Waals surface area contributed by atoms with Crippen molar-refractivity contribution in [2.24, 2.45) is 0 Å². The number of nitrogens with zero attached hydrogens (tertiary/aromatic N) is 5. The first-order valence-electron chi connectivity index (χ1n) is 6.92. The van der Waals surface area contributed by atoms with Crippen LogP contribution >= 0.6 is 11.6 Å². The fourth-order valence-corrected chi connectivity index (χ4v) is 2.57. The summed E-state index contributed by atoms with van der Waals surface area (Å²) in [5, 5.41) is 12.9. The highest BCUT2D eigenvalue weighted by Gasteiger charge is 2.23. The highest BCUT2D eigenvalue weighted by atomic mass is 35.5. The Labute approximate surface area is 134 Å². The molecule has 0 N–H and O–H groups in total. The summed E-state index contributed by atoms with van der Waals surface area (Å²) in [6, 6.07) is 17.6. The molecular weight excluding hydrogens is 298 g/mol. The van der Waals surface area contributed by atoms with E-state index in [1.54, 1.807) is 4.68 Å². The van der Waals surface area contributed by atoms with Crippen LogP contribution in [0.4, 0.5) is 0 Å². The summed E-state index contributed by atoms with van der Waals surface area (Å²) < 4.78 is 1.74. The number of tetrazole rings is 1. The maximum absolute atomic E-state index is 5.95. The van der Waals surface area contributed by atoms with Gasteiger partial charge >= 0.3 is 0 Å². The zero-order valence-electron chi connectivity index (χ0n) is 12.4. The molecule has 1 unspecified atom stereocenters. The van der Waals surface area contributed by atoms with Gasteiger partial charge in [0, 0.05) is 5.02 Å². The topological polar surface area (TPSA) is 46.8 Å². The van der Waals surface area contributed by atoms with E-state index in [9.17, 15) is 0 Å². The molecule has 1 atom stereocenters. The number of rotatable bonds is 4. The minimum atomic E-state index is -0.0353. The Bertz CT molecular complexity index is 737. The van der Waals surface area contributed by atoms with Crippen LogP contribution in [-0.2, 0) is 0 Å². The molecule has 0 fully saturated rings. The lowest BCUT2D eigenvalue weighted by atomic mass is 10.1. The zero-order chi connectivity index (χ0) is 15.5. The van der Waals surface area contributed by atoms with Gasteiger partial charge in [-0.15, -0.1) is 5.10 Å². The maximum Gasteiger partial charge on any atom is 0.178 e. The molecule has 0 aliphatic heterocycles. The fourth-order valence-electron chi connectivity index (χ4n) is 2.44. The quantitative estimate of drug-likeness (QED) is 0.743. The standard InChI is InChI=1S/C16H16ClN5/c1-21(2)15(12-6-4-3-5-7-12)16-18-19-20-22(16)14-10-8-13(17)9-11-14/h3-11,15H,1-2H3. The van der Waals surface area contributed by atoms with E-state index in [0.29, 0.717) is 5.02 Å². The van der Waals surface area contributed by atoms with Crippen molar-refractivity contribution in [3.05, 3.63) is 71.0 Å². The van der Waals surface area contributed by atoms with E-state index in [1.807, 2.05) is 56.6 Å². The van der Waals surface area contributed by atoms with E-state index in [-0.39, 0.29) is 6.04 Å². The third-order valence-electron chi connectivity index (χ3n) is 3.44. The van der Waals surface area contributed by atoms with Gasteiger partial charge in [-0.3, -0.25) is 4.90 Å². The number of halogens is 1. The van der Waals surface area contributed by atoms with Gasteiger partial charge in [-0.2, -0.15) is 4.68 Å². The van der Waals surface area contributed by atoms with Gasteiger partial charge in [-0.1, -0.05) is 41.9 Å².